The Labute approximate surface area is 134 Å². The van der Waals surface area contributed by atoms with Crippen LogP contribution in [0.3, 0.4) is 0 Å². The second kappa shape index (κ2) is 8.12. The monoisotopic (exact) mass is 317 g/mol. The van der Waals surface area contributed by atoms with E-state index in [1.807, 2.05) is 12.1 Å². The fourth-order valence-electron chi connectivity index (χ4n) is 1.95. The van der Waals surface area contributed by atoms with Gasteiger partial charge in [-0.3, -0.25) is 9.59 Å². The number of carbonyl (C=O) groups excluding carboxylic acids is 3. The first-order chi connectivity index (χ1) is 11.1. The Hall–Kier alpha value is -2.63. The Morgan fingerprint density at radius 3 is 2.43 bits per heavy atom. The third-order valence-corrected chi connectivity index (χ3v) is 3.25. The summed E-state index contributed by atoms with van der Waals surface area (Å²) in [4.78, 5) is 39.0. The molecule has 2 amide bonds. The Balaban J connectivity index is 1.85. The summed E-state index contributed by atoms with van der Waals surface area (Å²) in [5, 5.41) is 0.525. The zero-order valence-corrected chi connectivity index (χ0v) is 13.0. The minimum atomic E-state index is -0.767. The number of imide groups is 1. The van der Waals surface area contributed by atoms with Crippen LogP contribution in [0.25, 0.3) is 6.08 Å². The van der Waals surface area contributed by atoms with E-state index >= 15 is 0 Å². The Bertz CT molecular complexity index is 590. The first-order valence-corrected chi connectivity index (χ1v) is 7.59. The fraction of sp³-hybridized carbons (Fsp3) is 0.353. The van der Waals surface area contributed by atoms with Gasteiger partial charge in [0.2, 0.25) is 0 Å². The Morgan fingerprint density at radius 1 is 1.17 bits per heavy atom. The average Bonchev–Trinajstić information content (AvgIpc) is 2.86. The molecule has 0 radical (unpaired) electrons. The van der Waals surface area contributed by atoms with Gasteiger partial charge in [-0.2, -0.15) is 0 Å². The van der Waals surface area contributed by atoms with E-state index in [9.17, 15) is 14.4 Å². The van der Waals surface area contributed by atoms with Crippen molar-refractivity contribution in [2.75, 3.05) is 6.61 Å². The van der Waals surface area contributed by atoms with Crippen molar-refractivity contribution in [2.45, 2.75) is 32.6 Å². The highest BCUT2D eigenvalue weighted by Gasteiger charge is 2.32. The number of hydroxylamine groups is 2. The molecule has 122 valence electrons. The smallest absolute Gasteiger partial charge is 0.356 e. The lowest BCUT2D eigenvalue weighted by atomic mass is 10.2. The number of hydrogen-bond acceptors (Lipinski definition) is 5. The average molecular weight is 317 g/mol. The van der Waals surface area contributed by atoms with Gasteiger partial charge < -0.3 is 9.57 Å². The largest absolute Gasteiger partial charge is 0.494 e. The van der Waals surface area contributed by atoms with Gasteiger partial charge in [-0.25, -0.2) is 4.79 Å². The molecule has 0 atom stereocenters. The molecule has 6 nitrogen and oxygen atoms in total. The van der Waals surface area contributed by atoms with Crippen molar-refractivity contribution in [1.29, 1.82) is 0 Å². The predicted octanol–water partition coefficient (Wildman–Crippen LogP) is 2.49. The molecule has 23 heavy (non-hydrogen) atoms. The van der Waals surface area contributed by atoms with Gasteiger partial charge in [0.1, 0.15) is 5.75 Å². The van der Waals surface area contributed by atoms with Crippen LogP contribution in [0.2, 0.25) is 0 Å². The van der Waals surface area contributed by atoms with Gasteiger partial charge in [-0.05, 0) is 30.2 Å². The van der Waals surface area contributed by atoms with Crippen molar-refractivity contribution >= 4 is 23.9 Å². The van der Waals surface area contributed by atoms with Crippen LogP contribution < -0.4 is 4.74 Å². The molecule has 1 aromatic carbocycles. The SMILES string of the molecule is CCCCOc1ccc(/C=C/C(=O)ON2C(=O)CCC2=O)cc1. The standard InChI is InChI=1S/C17H19NO5/c1-2-3-12-22-14-7-4-13(5-8-14)6-11-17(21)23-18-15(19)9-10-16(18)20/h4-8,11H,2-3,9-10,12H2,1H3/b11-6+. The van der Waals surface area contributed by atoms with E-state index in [0.717, 1.165) is 24.2 Å². The molecule has 2 rings (SSSR count). The molecule has 1 heterocycles. The number of carbonyl (C=O) groups is 3. The number of rotatable bonds is 7. The van der Waals surface area contributed by atoms with Crippen LogP contribution in [0.1, 0.15) is 38.2 Å². The molecule has 0 aromatic heterocycles. The van der Waals surface area contributed by atoms with Crippen molar-refractivity contribution in [1.82, 2.24) is 5.06 Å². The van der Waals surface area contributed by atoms with Gasteiger partial charge >= 0.3 is 5.97 Å². The number of unbranched alkanes of at least 4 members (excludes halogenated alkanes) is 1. The van der Waals surface area contributed by atoms with E-state index in [1.165, 1.54) is 6.08 Å². The van der Waals surface area contributed by atoms with Crippen LogP contribution in [0, 0.1) is 0 Å². The number of nitrogens with zero attached hydrogens (tertiary/aromatic N) is 1. The molecule has 1 aliphatic rings. The first-order valence-electron chi connectivity index (χ1n) is 7.59. The number of ether oxygens (including phenoxy) is 1. The van der Waals surface area contributed by atoms with Gasteiger partial charge in [-0.15, -0.1) is 5.06 Å². The molecule has 1 fully saturated rings. The number of hydrogen-bond donors (Lipinski definition) is 0. The molecule has 1 aliphatic heterocycles. The molecule has 6 heteroatoms. The maximum absolute atomic E-state index is 11.6. The maximum Gasteiger partial charge on any atom is 0.356 e. The van der Waals surface area contributed by atoms with E-state index in [1.54, 1.807) is 18.2 Å². The van der Waals surface area contributed by atoms with E-state index < -0.39 is 17.8 Å². The topological polar surface area (TPSA) is 72.9 Å². The summed E-state index contributed by atoms with van der Waals surface area (Å²) in [6.07, 6.45) is 4.95. The highest BCUT2D eigenvalue weighted by atomic mass is 16.7. The van der Waals surface area contributed by atoms with E-state index in [0.29, 0.717) is 11.7 Å². The summed E-state index contributed by atoms with van der Waals surface area (Å²) in [5.41, 5.74) is 0.781. The summed E-state index contributed by atoms with van der Waals surface area (Å²) < 4.78 is 5.54. The predicted molar refractivity (Wildman–Crippen MR) is 83.1 cm³/mol. The third-order valence-electron chi connectivity index (χ3n) is 3.25. The van der Waals surface area contributed by atoms with Crippen LogP contribution in [-0.2, 0) is 19.2 Å². The molecule has 1 saturated heterocycles. The van der Waals surface area contributed by atoms with Gasteiger partial charge in [0.15, 0.2) is 0 Å². The molecule has 0 unspecified atom stereocenters. The normalized spacial score (nSPS) is 14.6. The van der Waals surface area contributed by atoms with E-state index in [-0.39, 0.29) is 12.8 Å². The molecule has 0 aliphatic carbocycles. The van der Waals surface area contributed by atoms with Crippen LogP contribution >= 0.6 is 0 Å². The van der Waals surface area contributed by atoms with Gasteiger partial charge in [-0.1, -0.05) is 25.5 Å². The summed E-state index contributed by atoms with van der Waals surface area (Å²) in [6, 6.07) is 7.23. The Morgan fingerprint density at radius 2 is 1.83 bits per heavy atom. The van der Waals surface area contributed by atoms with Crippen molar-refractivity contribution < 1.29 is 24.0 Å². The highest BCUT2D eigenvalue weighted by molar-refractivity contribution is 6.02. The molecule has 1 aromatic rings. The van der Waals surface area contributed by atoms with Gasteiger partial charge in [0.05, 0.1) is 6.61 Å². The van der Waals surface area contributed by atoms with Crippen molar-refractivity contribution in [2.24, 2.45) is 0 Å². The van der Waals surface area contributed by atoms with Gasteiger partial charge in [0, 0.05) is 18.9 Å². The van der Waals surface area contributed by atoms with Gasteiger partial charge in [0.25, 0.3) is 11.8 Å². The lowest BCUT2D eigenvalue weighted by molar-refractivity contribution is -0.193. The van der Waals surface area contributed by atoms with E-state index in [4.69, 9.17) is 9.57 Å². The number of amides is 2. The van der Waals surface area contributed by atoms with E-state index in [2.05, 4.69) is 6.92 Å². The second-order valence-corrected chi connectivity index (χ2v) is 5.10. The lowest BCUT2D eigenvalue weighted by Crippen LogP contribution is -2.31. The van der Waals surface area contributed by atoms with Crippen molar-refractivity contribution in [3.8, 4) is 5.75 Å². The third kappa shape index (κ3) is 4.95. The van der Waals surface area contributed by atoms with Crippen LogP contribution in [-0.4, -0.2) is 29.5 Å². The minimum Gasteiger partial charge on any atom is -0.494 e. The molecular weight excluding hydrogens is 298 g/mol. The summed E-state index contributed by atoms with van der Waals surface area (Å²) in [5.74, 6) is -0.987. The molecule has 0 saturated carbocycles. The van der Waals surface area contributed by atoms with Crippen LogP contribution in [0.15, 0.2) is 30.3 Å². The van der Waals surface area contributed by atoms with Crippen LogP contribution in [0.4, 0.5) is 0 Å². The zero-order chi connectivity index (χ0) is 16.7. The molecule has 0 N–H and O–H groups in total. The Kier molecular flexibility index (Phi) is 5.91. The summed E-state index contributed by atoms with van der Waals surface area (Å²) in [7, 11) is 0. The maximum atomic E-state index is 11.6. The molecular formula is C17H19NO5. The second-order valence-electron chi connectivity index (χ2n) is 5.10. The van der Waals surface area contributed by atoms with Crippen molar-refractivity contribution in [3.63, 3.8) is 0 Å². The summed E-state index contributed by atoms with van der Waals surface area (Å²) >= 11 is 0. The molecule has 0 spiro atoms. The van der Waals surface area contributed by atoms with Crippen molar-refractivity contribution in [3.05, 3.63) is 35.9 Å². The minimum absolute atomic E-state index is 0.0787. The molecule has 0 bridgehead atoms. The summed E-state index contributed by atoms with van der Waals surface area (Å²) in [6.45, 7) is 2.77. The fourth-order valence-corrected chi connectivity index (χ4v) is 1.95. The zero-order valence-electron chi connectivity index (χ0n) is 13.0. The highest BCUT2D eigenvalue weighted by Crippen LogP contribution is 2.15. The lowest BCUT2D eigenvalue weighted by Gasteiger charge is -2.10. The first kappa shape index (κ1) is 16.7. The quantitative estimate of drug-likeness (QED) is 0.439. The number of benzene rings is 1. The van der Waals surface area contributed by atoms with Crippen LogP contribution in [0.5, 0.6) is 5.75 Å².